The Morgan fingerprint density at radius 3 is 2.06 bits per heavy atom. The molecule has 0 radical (unpaired) electrons. The van der Waals surface area contributed by atoms with Crippen LogP contribution < -0.4 is 9.62 Å². The third kappa shape index (κ3) is 7.34. The van der Waals surface area contributed by atoms with Crippen molar-refractivity contribution in [2.75, 3.05) is 17.1 Å². The second-order valence-electron chi connectivity index (χ2n) is 8.09. The Morgan fingerprint density at radius 2 is 1.56 bits per heavy atom. The van der Waals surface area contributed by atoms with Gasteiger partial charge in [-0.2, -0.15) is 0 Å². The maximum absolute atomic E-state index is 13.4. The van der Waals surface area contributed by atoms with E-state index in [0.29, 0.717) is 5.69 Å². The molecule has 2 rings (SSSR count). The fraction of sp³-hybridized carbons (Fsp3) is 0.391. The molecule has 174 valence electrons. The van der Waals surface area contributed by atoms with Crippen LogP contribution in [0.25, 0.3) is 0 Å². The van der Waals surface area contributed by atoms with Crippen molar-refractivity contribution in [3.05, 3.63) is 64.1 Å². The van der Waals surface area contributed by atoms with Gasteiger partial charge in [-0.05, 0) is 57.5 Å². The van der Waals surface area contributed by atoms with Gasteiger partial charge in [0, 0.05) is 17.1 Å². The number of aryl methyl sites for hydroxylation is 1. The summed E-state index contributed by atoms with van der Waals surface area (Å²) in [4.78, 5) is 27.5. The van der Waals surface area contributed by atoms with E-state index < -0.39 is 28.5 Å². The molecule has 9 heteroatoms. The Labute approximate surface area is 199 Å². The highest BCUT2D eigenvalue weighted by molar-refractivity contribution is 9.10. The molecule has 0 fully saturated rings. The Hall–Kier alpha value is -2.39. The van der Waals surface area contributed by atoms with Crippen LogP contribution in [-0.2, 0) is 26.2 Å². The van der Waals surface area contributed by atoms with Gasteiger partial charge in [-0.25, -0.2) is 8.42 Å². The standard InChI is InChI=1S/C23H30BrN3O4S/c1-16(2)25-23(29)18(4)26(14-19-8-10-20(24)11-9-19)22(28)15-27(32(5,30)31)21-12-6-17(3)7-13-21/h6-13,16,18H,14-15H2,1-5H3,(H,25,29). The molecule has 0 heterocycles. The zero-order valence-corrected chi connectivity index (χ0v) is 21.4. The Kier molecular flexibility index (Phi) is 8.86. The lowest BCUT2D eigenvalue weighted by molar-refractivity contribution is -0.139. The summed E-state index contributed by atoms with van der Waals surface area (Å²) in [7, 11) is -3.72. The first-order chi connectivity index (χ1) is 14.9. The van der Waals surface area contributed by atoms with E-state index in [1.54, 1.807) is 31.2 Å². The van der Waals surface area contributed by atoms with Gasteiger partial charge in [0.1, 0.15) is 12.6 Å². The third-order valence-corrected chi connectivity index (χ3v) is 6.53. The van der Waals surface area contributed by atoms with Gasteiger partial charge in [-0.3, -0.25) is 13.9 Å². The lowest BCUT2D eigenvalue weighted by atomic mass is 10.1. The van der Waals surface area contributed by atoms with Crippen LogP contribution in [-0.4, -0.2) is 50.0 Å². The lowest BCUT2D eigenvalue weighted by Gasteiger charge is -2.32. The molecule has 1 unspecified atom stereocenters. The van der Waals surface area contributed by atoms with Crippen molar-refractivity contribution < 1.29 is 18.0 Å². The highest BCUT2D eigenvalue weighted by atomic mass is 79.9. The number of nitrogens with one attached hydrogen (secondary N) is 1. The zero-order chi connectivity index (χ0) is 24.1. The monoisotopic (exact) mass is 523 g/mol. The van der Waals surface area contributed by atoms with Gasteiger partial charge in [0.2, 0.25) is 21.8 Å². The molecule has 7 nitrogen and oxygen atoms in total. The highest BCUT2D eigenvalue weighted by Gasteiger charge is 2.30. The lowest BCUT2D eigenvalue weighted by Crippen LogP contribution is -2.52. The molecule has 0 saturated carbocycles. The van der Waals surface area contributed by atoms with Crippen molar-refractivity contribution >= 4 is 43.5 Å². The summed E-state index contributed by atoms with van der Waals surface area (Å²) < 4.78 is 26.9. The molecule has 2 aromatic rings. The predicted molar refractivity (Wildman–Crippen MR) is 131 cm³/mol. The minimum atomic E-state index is -3.72. The molecule has 0 aliphatic heterocycles. The van der Waals surface area contributed by atoms with E-state index in [2.05, 4.69) is 21.2 Å². The average molecular weight is 524 g/mol. The summed E-state index contributed by atoms with van der Waals surface area (Å²) in [5.41, 5.74) is 2.20. The van der Waals surface area contributed by atoms with Crippen molar-refractivity contribution in [2.45, 2.75) is 46.3 Å². The number of anilines is 1. The van der Waals surface area contributed by atoms with Crippen LogP contribution in [0.2, 0.25) is 0 Å². The Balaban J connectivity index is 2.36. The smallest absolute Gasteiger partial charge is 0.244 e. The van der Waals surface area contributed by atoms with Crippen molar-refractivity contribution in [2.24, 2.45) is 0 Å². The maximum atomic E-state index is 13.4. The van der Waals surface area contributed by atoms with Crippen LogP contribution in [0.3, 0.4) is 0 Å². The van der Waals surface area contributed by atoms with Crippen LogP contribution in [0.5, 0.6) is 0 Å². The van der Waals surface area contributed by atoms with Crippen molar-refractivity contribution in [1.82, 2.24) is 10.2 Å². The molecule has 2 aromatic carbocycles. The molecule has 0 aromatic heterocycles. The van der Waals surface area contributed by atoms with Gasteiger partial charge < -0.3 is 10.2 Å². The molecule has 0 bridgehead atoms. The molecule has 0 spiro atoms. The van der Waals surface area contributed by atoms with E-state index in [1.165, 1.54) is 4.90 Å². The largest absolute Gasteiger partial charge is 0.352 e. The van der Waals surface area contributed by atoms with Gasteiger partial charge in [0.25, 0.3) is 0 Å². The Bertz CT molecular complexity index is 1040. The SMILES string of the molecule is Cc1ccc(N(CC(=O)N(Cc2ccc(Br)cc2)C(C)C(=O)NC(C)C)S(C)(=O)=O)cc1. The fourth-order valence-electron chi connectivity index (χ4n) is 3.10. The molecule has 2 amide bonds. The summed E-state index contributed by atoms with van der Waals surface area (Å²) in [6.45, 7) is 6.99. The first kappa shape index (κ1) is 25.9. The average Bonchev–Trinajstić information content (AvgIpc) is 2.70. The number of hydrogen-bond donors (Lipinski definition) is 1. The van der Waals surface area contributed by atoms with Crippen LogP contribution >= 0.6 is 15.9 Å². The number of carbonyl (C=O) groups excluding carboxylic acids is 2. The normalized spacial score (nSPS) is 12.3. The third-order valence-electron chi connectivity index (χ3n) is 4.87. The Morgan fingerprint density at radius 1 is 1.00 bits per heavy atom. The van der Waals surface area contributed by atoms with Crippen molar-refractivity contribution in [3.8, 4) is 0 Å². The number of amides is 2. The minimum Gasteiger partial charge on any atom is -0.352 e. The number of benzene rings is 2. The number of rotatable bonds is 9. The topological polar surface area (TPSA) is 86.8 Å². The first-order valence-electron chi connectivity index (χ1n) is 10.3. The summed E-state index contributed by atoms with van der Waals surface area (Å²) in [5, 5.41) is 2.82. The number of sulfonamides is 1. The maximum Gasteiger partial charge on any atom is 0.244 e. The number of halogens is 1. The van der Waals surface area contributed by atoms with Gasteiger partial charge >= 0.3 is 0 Å². The van der Waals surface area contributed by atoms with Crippen LogP contribution in [0.4, 0.5) is 5.69 Å². The molecule has 1 atom stereocenters. The van der Waals surface area contributed by atoms with E-state index in [4.69, 9.17) is 0 Å². The van der Waals surface area contributed by atoms with E-state index >= 15 is 0 Å². The molecule has 0 aliphatic carbocycles. The molecule has 0 aliphatic rings. The van der Waals surface area contributed by atoms with Crippen LogP contribution in [0, 0.1) is 6.92 Å². The summed E-state index contributed by atoms with van der Waals surface area (Å²) >= 11 is 3.39. The highest BCUT2D eigenvalue weighted by Crippen LogP contribution is 2.20. The molecule has 1 N–H and O–H groups in total. The van der Waals surface area contributed by atoms with Gasteiger partial charge in [0.05, 0.1) is 11.9 Å². The fourth-order valence-corrected chi connectivity index (χ4v) is 4.21. The minimum absolute atomic E-state index is 0.0883. The number of carbonyl (C=O) groups is 2. The number of nitrogens with zero attached hydrogens (tertiary/aromatic N) is 2. The number of hydrogen-bond acceptors (Lipinski definition) is 4. The summed E-state index contributed by atoms with van der Waals surface area (Å²) in [6.07, 6.45) is 1.06. The second kappa shape index (κ2) is 11.0. The zero-order valence-electron chi connectivity index (χ0n) is 19.0. The first-order valence-corrected chi connectivity index (χ1v) is 12.9. The summed E-state index contributed by atoms with van der Waals surface area (Å²) in [6, 6.07) is 13.4. The van der Waals surface area contributed by atoms with Crippen LogP contribution in [0.15, 0.2) is 53.0 Å². The van der Waals surface area contributed by atoms with E-state index in [0.717, 1.165) is 26.2 Å². The van der Waals surface area contributed by atoms with E-state index in [1.807, 2.05) is 45.0 Å². The predicted octanol–water partition coefficient (Wildman–Crippen LogP) is 3.47. The summed E-state index contributed by atoms with van der Waals surface area (Å²) in [5.74, 6) is -0.767. The van der Waals surface area contributed by atoms with Crippen molar-refractivity contribution in [1.29, 1.82) is 0 Å². The quantitative estimate of drug-likeness (QED) is 0.545. The molecule has 0 saturated heterocycles. The van der Waals surface area contributed by atoms with E-state index in [-0.39, 0.29) is 18.5 Å². The van der Waals surface area contributed by atoms with Crippen LogP contribution in [0.1, 0.15) is 31.9 Å². The van der Waals surface area contributed by atoms with Crippen molar-refractivity contribution in [3.63, 3.8) is 0 Å². The van der Waals surface area contributed by atoms with E-state index in [9.17, 15) is 18.0 Å². The molecule has 32 heavy (non-hydrogen) atoms. The van der Waals surface area contributed by atoms with Gasteiger partial charge in [-0.15, -0.1) is 0 Å². The van der Waals surface area contributed by atoms with Gasteiger partial charge in [0.15, 0.2) is 0 Å². The second-order valence-corrected chi connectivity index (χ2v) is 10.9. The molecular formula is C23H30BrN3O4S. The van der Waals surface area contributed by atoms with Gasteiger partial charge in [-0.1, -0.05) is 45.8 Å². The molecular weight excluding hydrogens is 494 g/mol.